The first-order chi connectivity index (χ1) is 7.91. The van der Waals surface area contributed by atoms with Gasteiger partial charge in [-0.3, -0.25) is 0 Å². The summed E-state index contributed by atoms with van der Waals surface area (Å²) in [6.07, 6.45) is 0. The zero-order valence-corrected chi connectivity index (χ0v) is 12.5. The number of benzene rings is 1. The predicted octanol–water partition coefficient (Wildman–Crippen LogP) is 4.18. The molecule has 0 atom stereocenters. The molecule has 0 spiro atoms. The molecule has 0 N–H and O–H groups in total. The van der Waals surface area contributed by atoms with E-state index in [4.69, 9.17) is 0 Å². The van der Waals surface area contributed by atoms with Crippen molar-refractivity contribution in [1.29, 1.82) is 0 Å². The number of nitrogens with zero attached hydrogens (tertiary/aromatic N) is 2. The van der Waals surface area contributed by atoms with Crippen LogP contribution in [0.1, 0.15) is 28.1 Å². The van der Waals surface area contributed by atoms with Gasteiger partial charge in [0.25, 0.3) is 0 Å². The molecule has 0 fully saturated rings. The summed E-state index contributed by atoms with van der Waals surface area (Å²) < 4.78 is 3.13. The lowest BCUT2D eigenvalue weighted by Gasteiger charge is -2.13. The van der Waals surface area contributed by atoms with Gasteiger partial charge in [-0.2, -0.15) is 5.10 Å². The van der Waals surface area contributed by atoms with Crippen LogP contribution in [0.3, 0.4) is 0 Å². The lowest BCUT2D eigenvalue weighted by Crippen LogP contribution is -2.04. The SMILES string of the molecule is Cc1cc(C)c(-n2nc(C)c(Br)c2C)c(C)c1. The summed E-state index contributed by atoms with van der Waals surface area (Å²) in [5.41, 5.74) is 7.20. The van der Waals surface area contributed by atoms with Crippen molar-refractivity contribution in [3.05, 3.63) is 44.7 Å². The van der Waals surface area contributed by atoms with Crippen LogP contribution in [0, 0.1) is 34.6 Å². The van der Waals surface area contributed by atoms with Gasteiger partial charge < -0.3 is 0 Å². The van der Waals surface area contributed by atoms with Gasteiger partial charge in [0.1, 0.15) is 0 Å². The van der Waals surface area contributed by atoms with E-state index in [1.807, 2.05) is 11.6 Å². The highest BCUT2D eigenvalue weighted by Gasteiger charge is 2.13. The number of hydrogen-bond acceptors (Lipinski definition) is 1. The molecule has 2 nitrogen and oxygen atoms in total. The number of aromatic nitrogens is 2. The second-order valence-electron chi connectivity index (χ2n) is 4.64. The van der Waals surface area contributed by atoms with Crippen molar-refractivity contribution in [3.8, 4) is 5.69 Å². The Balaban J connectivity index is 2.73. The standard InChI is InChI=1S/C14H17BrN2/c1-8-6-9(2)14(10(3)7-8)17-12(5)13(15)11(4)16-17/h6-7H,1-5H3. The van der Waals surface area contributed by atoms with E-state index in [0.29, 0.717) is 0 Å². The Bertz CT molecular complexity index is 559. The molecule has 0 aliphatic carbocycles. The monoisotopic (exact) mass is 292 g/mol. The summed E-state index contributed by atoms with van der Waals surface area (Å²) in [6, 6.07) is 4.40. The van der Waals surface area contributed by atoms with E-state index in [9.17, 15) is 0 Å². The number of hydrogen-bond donors (Lipinski definition) is 0. The third kappa shape index (κ3) is 2.04. The Morgan fingerprint density at radius 2 is 1.53 bits per heavy atom. The Labute approximate surface area is 111 Å². The van der Waals surface area contributed by atoms with Gasteiger partial charge in [0.15, 0.2) is 0 Å². The van der Waals surface area contributed by atoms with Gasteiger partial charge in [-0.15, -0.1) is 0 Å². The minimum absolute atomic E-state index is 1.03. The highest BCUT2D eigenvalue weighted by Crippen LogP contribution is 2.27. The number of halogens is 1. The number of aryl methyl sites for hydroxylation is 4. The maximum atomic E-state index is 4.60. The van der Waals surface area contributed by atoms with Crippen LogP contribution >= 0.6 is 15.9 Å². The summed E-state index contributed by atoms with van der Waals surface area (Å²) in [6.45, 7) is 10.5. The third-order valence-electron chi connectivity index (χ3n) is 3.05. The lowest BCUT2D eigenvalue weighted by molar-refractivity contribution is 0.820. The van der Waals surface area contributed by atoms with Crippen molar-refractivity contribution in [1.82, 2.24) is 9.78 Å². The fourth-order valence-electron chi connectivity index (χ4n) is 2.35. The van der Waals surface area contributed by atoms with Gasteiger partial charge in [-0.1, -0.05) is 17.7 Å². The van der Waals surface area contributed by atoms with E-state index in [2.05, 4.69) is 60.9 Å². The zero-order chi connectivity index (χ0) is 12.7. The molecule has 0 aliphatic rings. The summed E-state index contributed by atoms with van der Waals surface area (Å²) >= 11 is 3.58. The van der Waals surface area contributed by atoms with Crippen molar-refractivity contribution in [2.24, 2.45) is 0 Å². The molecule has 0 bridgehead atoms. The van der Waals surface area contributed by atoms with Crippen molar-refractivity contribution >= 4 is 15.9 Å². The minimum atomic E-state index is 1.03. The van der Waals surface area contributed by atoms with Crippen LogP contribution in [0.25, 0.3) is 5.69 Å². The van der Waals surface area contributed by atoms with E-state index in [0.717, 1.165) is 15.9 Å². The molecule has 1 aromatic heterocycles. The summed E-state index contributed by atoms with van der Waals surface area (Å²) in [4.78, 5) is 0. The van der Waals surface area contributed by atoms with Crippen LogP contribution in [0.4, 0.5) is 0 Å². The largest absolute Gasteiger partial charge is 0.236 e. The van der Waals surface area contributed by atoms with Crippen LogP contribution in [0.2, 0.25) is 0 Å². The first-order valence-corrected chi connectivity index (χ1v) is 6.51. The van der Waals surface area contributed by atoms with Crippen LogP contribution in [-0.2, 0) is 0 Å². The maximum Gasteiger partial charge on any atom is 0.0743 e. The normalized spacial score (nSPS) is 10.9. The molecule has 3 heteroatoms. The first-order valence-electron chi connectivity index (χ1n) is 5.71. The van der Waals surface area contributed by atoms with E-state index >= 15 is 0 Å². The lowest BCUT2D eigenvalue weighted by atomic mass is 10.1. The van der Waals surface area contributed by atoms with Gasteiger partial charge in [0.2, 0.25) is 0 Å². The molecule has 0 amide bonds. The molecule has 0 saturated heterocycles. The first kappa shape index (κ1) is 12.4. The molecule has 0 radical (unpaired) electrons. The molecular weight excluding hydrogens is 276 g/mol. The molecule has 1 heterocycles. The van der Waals surface area contributed by atoms with E-state index in [1.165, 1.54) is 22.4 Å². The molecule has 1 aromatic carbocycles. The Morgan fingerprint density at radius 3 is 1.94 bits per heavy atom. The summed E-state index contributed by atoms with van der Waals surface area (Å²) in [5.74, 6) is 0. The van der Waals surface area contributed by atoms with Crippen LogP contribution in [-0.4, -0.2) is 9.78 Å². The average molecular weight is 293 g/mol. The van der Waals surface area contributed by atoms with Crippen molar-refractivity contribution < 1.29 is 0 Å². The molecule has 0 aliphatic heterocycles. The molecule has 0 unspecified atom stereocenters. The van der Waals surface area contributed by atoms with Gasteiger partial charge in [-0.05, 0) is 61.7 Å². The van der Waals surface area contributed by atoms with Gasteiger partial charge in [0.05, 0.1) is 21.5 Å². The average Bonchev–Trinajstić information content (AvgIpc) is 2.45. The topological polar surface area (TPSA) is 17.8 Å². The van der Waals surface area contributed by atoms with Crippen LogP contribution < -0.4 is 0 Å². The Morgan fingerprint density at radius 1 is 1.00 bits per heavy atom. The second kappa shape index (κ2) is 4.30. The van der Waals surface area contributed by atoms with Crippen LogP contribution in [0.15, 0.2) is 16.6 Å². The van der Waals surface area contributed by atoms with E-state index in [-0.39, 0.29) is 0 Å². The molecule has 2 rings (SSSR count). The Kier molecular flexibility index (Phi) is 3.13. The van der Waals surface area contributed by atoms with Crippen molar-refractivity contribution in [2.45, 2.75) is 34.6 Å². The van der Waals surface area contributed by atoms with Gasteiger partial charge >= 0.3 is 0 Å². The second-order valence-corrected chi connectivity index (χ2v) is 5.44. The van der Waals surface area contributed by atoms with Crippen molar-refractivity contribution in [3.63, 3.8) is 0 Å². The minimum Gasteiger partial charge on any atom is -0.236 e. The van der Waals surface area contributed by atoms with Crippen LogP contribution in [0.5, 0.6) is 0 Å². The van der Waals surface area contributed by atoms with Gasteiger partial charge in [0, 0.05) is 0 Å². The highest BCUT2D eigenvalue weighted by atomic mass is 79.9. The summed E-state index contributed by atoms with van der Waals surface area (Å²) in [7, 11) is 0. The highest BCUT2D eigenvalue weighted by molar-refractivity contribution is 9.10. The molecule has 2 aromatic rings. The quantitative estimate of drug-likeness (QED) is 0.771. The molecular formula is C14H17BrN2. The fraction of sp³-hybridized carbons (Fsp3) is 0.357. The Hall–Kier alpha value is -1.09. The van der Waals surface area contributed by atoms with E-state index < -0.39 is 0 Å². The summed E-state index contributed by atoms with van der Waals surface area (Å²) in [5, 5.41) is 4.60. The smallest absolute Gasteiger partial charge is 0.0743 e. The molecule has 90 valence electrons. The van der Waals surface area contributed by atoms with E-state index in [1.54, 1.807) is 0 Å². The fourth-order valence-corrected chi connectivity index (χ4v) is 2.60. The maximum absolute atomic E-state index is 4.60. The molecule has 17 heavy (non-hydrogen) atoms. The van der Waals surface area contributed by atoms with Gasteiger partial charge in [-0.25, -0.2) is 4.68 Å². The third-order valence-corrected chi connectivity index (χ3v) is 4.20. The zero-order valence-electron chi connectivity index (χ0n) is 10.9. The molecule has 0 saturated carbocycles. The van der Waals surface area contributed by atoms with Crippen molar-refractivity contribution in [2.75, 3.05) is 0 Å². The predicted molar refractivity (Wildman–Crippen MR) is 74.9 cm³/mol. The number of rotatable bonds is 1.